The lowest BCUT2D eigenvalue weighted by Crippen LogP contribution is -2.32. The quantitative estimate of drug-likeness (QED) is 0.494. The first kappa shape index (κ1) is 21.7. The Morgan fingerprint density at radius 1 is 1.13 bits per heavy atom. The van der Waals surface area contributed by atoms with Crippen molar-refractivity contribution in [2.45, 2.75) is 6.92 Å². The molecular weight excluding hydrogens is 470 g/mol. The molecule has 3 rings (SSSR count). The number of amides is 2. The van der Waals surface area contributed by atoms with Crippen LogP contribution in [0.3, 0.4) is 0 Å². The van der Waals surface area contributed by atoms with Crippen molar-refractivity contribution < 1.29 is 19.1 Å². The lowest BCUT2D eigenvalue weighted by atomic mass is 10.1. The molecule has 0 bridgehead atoms. The van der Waals surface area contributed by atoms with Crippen LogP contribution in [0.1, 0.15) is 15.9 Å². The fourth-order valence-corrected chi connectivity index (χ4v) is 3.56. The Balaban J connectivity index is 1.42. The summed E-state index contributed by atoms with van der Waals surface area (Å²) < 4.78 is 5.64. The van der Waals surface area contributed by atoms with Gasteiger partial charge in [-0.2, -0.15) is 0 Å². The largest absolute Gasteiger partial charge is 0.454 e. The molecule has 9 heteroatoms. The number of thiazole rings is 1. The number of nitrogens with one attached hydrogen (secondary N) is 2. The molecule has 0 atom stereocenters. The Bertz CT molecular complexity index is 1070. The Kier molecular flexibility index (Phi) is 7.31. The Hall–Kier alpha value is -3.04. The first-order chi connectivity index (χ1) is 14.4. The number of ether oxygens (including phenoxy) is 1. The van der Waals surface area contributed by atoms with Gasteiger partial charge in [-0.25, -0.2) is 4.98 Å². The molecule has 154 valence electrons. The maximum atomic E-state index is 12.0. The molecule has 0 saturated heterocycles. The van der Waals surface area contributed by atoms with Gasteiger partial charge in [0.2, 0.25) is 0 Å². The van der Waals surface area contributed by atoms with Gasteiger partial charge in [0.1, 0.15) is 6.54 Å². The third kappa shape index (κ3) is 6.23. The van der Waals surface area contributed by atoms with E-state index in [0.717, 1.165) is 21.3 Å². The highest BCUT2D eigenvalue weighted by molar-refractivity contribution is 9.10. The molecule has 0 saturated carbocycles. The normalized spacial score (nSPS) is 10.3. The number of anilines is 1. The van der Waals surface area contributed by atoms with Crippen LogP contribution >= 0.6 is 27.3 Å². The molecule has 2 aromatic carbocycles. The van der Waals surface area contributed by atoms with Gasteiger partial charge in [0.25, 0.3) is 11.8 Å². The second-order valence-electron chi connectivity index (χ2n) is 6.31. The Labute approximate surface area is 185 Å². The summed E-state index contributed by atoms with van der Waals surface area (Å²) in [5.41, 5.74) is 3.26. The highest BCUT2D eigenvalue weighted by atomic mass is 79.9. The average molecular weight is 488 g/mol. The average Bonchev–Trinajstić information content (AvgIpc) is 3.19. The number of benzene rings is 2. The van der Waals surface area contributed by atoms with E-state index in [9.17, 15) is 14.4 Å². The third-order valence-electron chi connectivity index (χ3n) is 3.94. The number of carbonyl (C=O) groups excluding carboxylic acids is 3. The van der Waals surface area contributed by atoms with E-state index < -0.39 is 24.4 Å². The third-order valence-corrected chi connectivity index (χ3v) is 5.19. The standard InChI is InChI=1S/C21H18BrN3O4S/c1-13-5-7-14(8-6-13)17-12-30-21(24-17)25-18(26)11-29-19(27)10-23-20(28)15-3-2-4-16(22)9-15/h2-9,12H,10-11H2,1H3,(H,23,28)(H,24,25,26). The van der Waals surface area contributed by atoms with Gasteiger partial charge in [0, 0.05) is 21.0 Å². The van der Waals surface area contributed by atoms with E-state index in [2.05, 4.69) is 31.5 Å². The highest BCUT2D eigenvalue weighted by Gasteiger charge is 2.13. The minimum Gasteiger partial charge on any atom is -0.454 e. The maximum Gasteiger partial charge on any atom is 0.325 e. The van der Waals surface area contributed by atoms with Crippen LogP contribution in [-0.2, 0) is 14.3 Å². The number of esters is 1. The van der Waals surface area contributed by atoms with E-state index in [1.54, 1.807) is 24.3 Å². The summed E-state index contributed by atoms with van der Waals surface area (Å²) in [7, 11) is 0. The molecule has 2 amide bonds. The first-order valence-electron chi connectivity index (χ1n) is 8.92. The molecule has 0 unspecified atom stereocenters. The van der Waals surface area contributed by atoms with Crippen LogP contribution in [0.4, 0.5) is 5.13 Å². The number of carbonyl (C=O) groups is 3. The lowest BCUT2D eigenvalue weighted by molar-refractivity contribution is -0.146. The number of hydrogen-bond acceptors (Lipinski definition) is 6. The molecule has 0 aliphatic carbocycles. The fourth-order valence-electron chi connectivity index (χ4n) is 2.42. The second kappa shape index (κ2) is 10.1. The van der Waals surface area contributed by atoms with E-state index in [0.29, 0.717) is 10.7 Å². The predicted molar refractivity (Wildman–Crippen MR) is 118 cm³/mol. The van der Waals surface area contributed by atoms with Gasteiger partial charge in [-0.1, -0.05) is 51.8 Å². The van der Waals surface area contributed by atoms with Crippen molar-refractivity contribution >= 4 is 50.2 Å². The van der Waals surface area contributed by atoms with Crippen LogP contribution in [0.5, 0.6) is 0 Å². The van der Waals surface area contributed by atoms with Gasteiger partial charge in [-0.05, 0) is 25.1 Å². The van der Waals surface area contributed by atoms with Crippen LogP contribution < -0.4 is 10.6 Å². The topological polar surface area (TPSA) is 97.4 Å². The van der Waals surface area contributed by atoms with E-state index in [1.807, 2.05) is 36.6 Å². The first-order valence-corrected chi connectivity index (χ1v) is 10.6. The van der Waals surface area contributed by atoms with Crippen LogP contribution in [0, 0.1) is 6.92 Å². The number of aromatic nitrogens is 1. The number of aryl methyl sites for hydroxylation is 1. The summed E-state index contributed by atoms with van der Waals surface area (Å²) in [6, 6.07) is 14.6. The van der Waals surface area contributed by atoms with Gasteiger partial charge in [0.15, 0.2) is 11.7 Å². The zero-order chi connectivity index (χ0) is 21.5. The number of rotatable bonds is 7. The fraction of sp³-hybridized carbons (Fsp3) is 0.143. The molecule has 1 aromatic heterocycles. The molecule has 0 aliphatic rings. The summed E-state index contributed by atoms with van der Waals surface area (Å²) in [5.74, 6) is -1.64. The van der Waals surface area contributed by atoms with Gasteiger partial charge < -0.3 is 10.1 Å². The van der Waals surface area contributed by atoms with Crippen molar-refractivity contribution in [2.24, 2.45) is 0 Å². The van der Waals surface area contributed by atoms with Crippen molar-refractivity contribution in [2.75, 3.05) is 18.5 Å². The van der Waals surface area contributed by atoms with Gasteiger partial charge in [-0.3, -0.25) is 19.7 Å². The molecule has 0 aliphatic heterocycles. The van der Waals surface area contributed by atoms with Crippen LogP contribution in [0.15, 0.2) is 58.4 Å². The van der Waals surface area contributed by atoms with Crippen LogP contribution in [0.2, 0.25) is 0 Å². The van der Waals surface area contributed by atoms with Crippen molar-refractivity contribution in [1.82, 2.24) is 10.3 Å². The summed E-state index contributed by atoms with van der Waals surface area (Å²) >= 11 is 4.56. The van der Waals surface area contributed by atoms with Gasteiger partial charge in [0.05, 0.1) is 5.69 Å². The van der Waals surface area contributed by atoms with Crippen LogP contribution in [-0.4, -0.2) is 35.9 Å². The predicted octanol–water partition coefficient (Wildman–Crippen LogP) is 3.79. The molecule has 30 heavy (non-hydrogen) atoms. The number of halogens is 1. The van der Waals surface area contributed by atoms with Crippen LogP contribution in [0.25, 0.3) is 11.3 Å². The molecule has 0 spiro atoms. The van der Waals surface area contributed by atoms with Crippen molar-refractivity contribution in [3.8, 4) is 11.3 Å². The summed E-state index contributed by atoms with van der Waals surface area (Å²) in [6.07, 6.45) is 0. The minimum atomic E-state index is -0.715. The molecule has 0 radical (unpaired) electrons. The van der Waals surface area contributed by atoms with Crippen molar-refractivity contribution in [3.05, 3.63) is 69.5 Å². The number of hydrogen-bond donors (Lipinski definition) is 2. The second-order valence-corrected chi connectivity index (χ2v) is 8.08. The molecule has 0 fully saturated rings. The molecule has 7 nitrogen and oxygen atoms in total. The van der Waals surface area contributed by atoms with Crippen molar-refractivity contribution in [3.63, 3.8) is 0 Å². The smallest absolute Gasteiger partial charge is 0.325 e. The zero-order valence-corrected chi connectivity index (χ0v) is 18.4. The van der Waals surface area contributed by atoms with E-state index >= 15 is 0 Å². The monoisotopic (exact) mass is 487 g/mol. The van der Waals surface area contributed by atoms with Gasteiger partial charge in [-0.15, -0.1) is 11.3 Å². The molecule has 1 heterocycles. The summed E-state index contributed by atoms with van der Waals surface area (Å²) in [5, 5.41) is 7.29. The van der Waals surface area contributed by atoms with E-state index in [1.165, 1.54) is 11.3 Å². The van der Waals surface area contributed by atoms with Gasteiger partial charge >= 0.3 is 5.97 Å². The Morgan fingerprint density at radius 2 is 1.90 bits per heavy atom. The van der Waals surface area contributed by atoms with Crippen molar-refractivity contribution in [1.29, 1.82) is 0 Å². The lowest BCUT2D eigenvalue weighted by Gasteiger charge is -2.07. The maximum absolute atomic E-state index is 12.0. The number of nitrogens with zero attached hydrogens (tertiary/aromatic N) is 1. The molecule has 3 aromatic rings. The van der Waals surface area contributed by atoms with E-state index in [4.69, 9.17) is 4.74 Å². The summed E-state index contributed by atoms with van der Waals surface area (Å²) in [4.78, 5) is 40.1. The summed E-state index contributed by atoms with van der Waals surface area (Å²) in [6.45, 7) is 1.20. The Morgan fingerprint density at radius 3 is 2.63 bits per heavy atom. The highest BCUT2D eigenvalue weighted by Crippen LogP contribution is 2.25. The SMILES string of the molecule is Cc1ccc(-c2csc(NC(=O)COC(=O)CNC(=O)c3cccc(Br)c3)n2)cc1. The van der Waals surface area contributed by atoms with E-state index in [-0.39, 0.29) is 6.54 Å². The minimum absolute atomic E-state index is 0.340. The zero-order valence-electron chi connectivity index (χ0n) is 16.0. The molecule has 2 N–H and O–H groups in total. The molecular formula is C21H18BrN3O4S.